The molecule has 0 amide bonds. The van der Waals surface area contributed by atoms with Crippen molar-refractivity contribution in [1.29, 1.82) is 0 Å². The van der Waals surface area contributed by atoms with Gasteiger partial charge < -0.3 is 15.2 Å². The van der Waals surface area contributed by atoms with Crippen LogP contribution in [0.25, 0.3) is 0 Å². The van der Waals surface area contributed by atoms with Gasteiger partial charge in [0.1, 0.15) is 0 Å². The minimum absolute atomic E-state index is 0.0127. The molecule has 0 radical (unpaired) electrons. The summed E-state index contributed by atoms with van der Waals surface area (Å²) in [5, 5.41) is 0. The number of hydrogen-bond donors (Lipinski definition) is 1. The zero-order valence-corrected chi connectivity index (χ0v) is 14.2. The Morgan fingerprint density at radius 2 is 1.90 bits per heavy atom. The molecule has 1 aliphatic rings. The first kappa shape index (κ1) is 18.7. The van der Waals surface area contributed by atoms with Gasteiger partial charge in [0.05, 0.1) is 24.9 Å². The molecule has 0 aromatic rings. The van der Waals surface area contributed by atoms with Crippen LogP contribution in [0.3, 0.4) is 0 Å². The lowest BCUT2D eigenvalue weighted by Gasteiger charge is -2.38. The van der Waals surface area contributed by atoms with E-state index in [4.69, 9.17) is 15.2 Å². The normalized spacial score (nSPS) is 30.1. The number of rotatable bonds is 10. The molecule has 0 aliphatic carbocycles. The lowest BCUT2D eigenvalue weighted by atomic mass is 9.91. The van der Waals surface area contributed by atoms with E-state index in [0.29, 0.717) is 5.92 Å². The molecule has 0 unspecified atom stereocenters. The first-order valence-corrected chi connectivity index (χ1v) is 8.86. The number of unbranched alkanes of at least 4 members (excludes halogenated alkanes) is 5. The van der Waals surface area contributed by atoms with E-state index in [0.717, 1.165) is 26.1 Å². The maximum Gasteiger partial charge on any atom is 0.0932 e. The molecular weight excluding hydrogens is 262 g/mol. The third kappa shape index (κ3) is 6.94. The van der Waals surface area contributed by atoms with E-state index in [1.807, 2.05) is 0 Å². The molecule has 3 heteroatoms. The summed E-state index contributed by atoms with van der Waals surface area (Å²) in [6.45, 7) is 8.07. The second kappa shape index (κ2) is 11.2. The average Bonchev–Trinajstić information content (AvgIpc) is 2.48. The highest BCUT2D eigenvalue weighted by molar-refractivity contribution is 5.01. The van der Waals surface area contributed by atoms with Gasteiger partial charge in [-0.2, -0.15) is 0 Å². The Labute approximate surface area is 131 Å². The predicted molar refractivity (Wildman–Crippen MR) is 89.4 cm³/mol. The second-order valence-corrected chi connectivity index (χ2v) is 6.32. The highest BCUT2D eigenvalue weighted by Crippen LogP contribution is 2.22. The van der Waals surface area contributed by atoms with Gasteiger partial charge >= 0.3 is 0 Å². The monoisotopic (exact) mass is 297 g/mol. The fraction of sp³-hybridized carbons (Fsp3) is 0.889. The van der Waals surface area contributed by atoms with Crippen molar-refractivity contribution in [1.82, 2.24) is 0 Å². The lowest BCUT2D eigenvalue weighted by Crippen LogP contribution is -2.54. The van der Waals surface area contributed by atoms with E-state index in [9.17, 15) is 0 Å². The summed E-state index contributed by atoms with van der Waals surface area (Å²) in [7, 11) is 0. The highest BCUT2D eigenvalue weighted by Gasteiger charge is 2.35. The number of ether oxygens (including phenoxy) is 2. The summed E-state index contributed by atoms with van der Waals surface area (Å²) in [5.74, 6) is 0.380. The van der Waals surface area contributed by atoms with Crippen LogP contribution >= 0.6 is 0 Å². The highest BCUT2D eigenvalue weighted by atomic mass is 16.5. The molecule has 124 valence electrons. The molecule has 0 saturated carbocycles. The zero-order valence-electron chi connectivity index (χ0n) is 14.2. The van der Waals surface area contributed by atoms with E-state index in [1.165, 1.54) is 32.1 Å². The Bertz CT molecular complexity index is 280. The van der Waals surface area contributed by atoms with Crippen LogP contribution in [-0.2, 0) is 9.47 Å². The van der Waals surface area contributed by atoms with Gasteiger partial charge in [-0.15, -0.1) is 0 Å². The molecular formula is C18H35NO2. The van der Waals surface area contributed by atoms with Crippen molar-refractivity contribution in [2.75, 3.05) is 13.2 Å². The summed E-state index contributed by atoms with van der Waals surface area (Å²) in [5.41, 5.74) is 6.33. The first-order valence-electron chi connectivity index (χ1n) is 8.86. The van der Waals surface area contributed by atoms with Crippen molar-refractivity contribution in [2.24, 2.45) is 11.7 Å². The summed E-state index contributed by atoms with van der Waals surface area (Å²) in [6, 6.07) is -0.0448. The van der Waals surface area contributed by atoms with Crippen molar-refractivity contribution in [2.45, 2.75) is 84.0 Å². The SMILES string of the molecule is CCCCCCCC=C[C@@H]1OC[C@H](C)[C@H](OCCC)[C@@H]1N. The number of allylic oxidation sites excluding steroid dienone is 1. The molecule has 0 aromatic carbocycles. The van der Waals surface area contributed by atoms with Crippen LogP contribution in [0.1, 0.15) is 65.7 Å². The molecule has 1 saturated heterocycles. The Morgan fingerprint density at radius 3 is 2.62 bits per heavy atom. The van der Waals surface area contributed by atoms with E-state index in [2.05, 4.69) is 32.9 Å². The molecule has 1 fully saturated rings. The van der Waals surface area contributed by atoms with Gasteiger partial charge in [0.2, 0.25) is 0 Å². The van der Waals surface area contributed by atoms with Crippen molar-refractivity contribution in [3.8, 4) is 0 Å². The van der Waals surface area contributed by atoms with Gasteiger partial charge in [-0.1, -0.05) is 58.6 Å². The van der Waals surface area contributed by atoms with Gasteiger partial charge in [0.15, 0.2) is 0 Å². The van der Waals surface area contributed by atoms with Gasteiger partial charge in [-0.3, -0.25) is 0 Å². The Kier molecular flexibility index (Phi) is 9.98. The standard InChI is InChI=1S/C18H35NO2/c1-4-6-7-8-9-10-11-12-16-17(19)18(20-13-5-2)15(3)14-21-16/h11-12,15-18H,4-10,13-14,19H2,1-3H3/t15-,16-,17+,18-/m0/s1. The van der Waals surface area contributed by atoms with Gasteiger partial charge in [0, 0.05) is 12.5 Å². The Morgan fingerprint density at radius 1 is 1.14 bits per heavy atom. The fourth-order valence-electron chi connectivity index (χ4n) is 2.84. The average molecular weight is 297 g/mol. The summed E-state index contributed by atoms with van der Waals surface area (Å²) >= 11 is 0. The molecule has 0 aromatic heterocycles. The molecule has 21 heavy (non-hydrogen) atoms. The van der Waals surface area contributed by atoms with E-state index >= 15 is 0 Å². The largest absolute Gasteiger partial charge is 0.376 e. The lowest BCUT2D eigenvalue weighted by molar-refractivity contribution is -0.104. The maximum absolute atomic E-state index is 6.33. The minimum atomic E-state index is -0.0448. The molecule has 0 bridgehead atoms. The van der Waals surface area contributed by atoms with Crippen molar-refractivity contribution >= 4 is 0 Å². The van der Waals surface area contributed by atoms with Gasteiger partial charge in [-0.05, 0) is 19.3 Å². The van der Waals surface area contributed by atoms with Crippen LogP contribution in [0.4, 0.5) is 0 Å². The minimum Gasteiger partial charge on any atom is -0.376 e. The van der Waals surface area contributed by atoms with Crippen molar-refractivity contribution in [3.63, 3.8) is 0 Å². The van der Waals surface area contributed by atoms with Crippen LogP contribution in [0.2, 0.25) is 0 Å². The van der Waals surface area contributed by atoms with Crippen molar-refractivity contribution < 1.29 is 9.47 Å². The van der Waals surface area contributed by atoms with Gasteiger partial charge in [-0.25, -0.2) is 0 Å². The smallest absolute Gasteiger partial charge is 0.0932 e. The predicted octanol–water partition coefficient (Wildman–Crippen LogP) is 4.06. The molecule has 1 rings (SSSR count). The third-order valence-corrected chi connectivity index (χ3v) is 4.19. The van der Waals surface area contributed by atoms with Crippen LogP contribution in [-0.4, -0.2) is 31.5 Å². The van der Waals surface area contributed by atoms with Crippen LogP contribution in [0, 0.1) is 5.92 Å². The first-order chi connectivity index (χ1) is 10.2. The van der Waals surface area contributed by atoms with Crippen LogP contribution in [0.5, 0.6) is 0 Å². The molecule has 2 N–H and O–H groups in total. The number of hydrogen-bond acceptors (Lipinski definition) is 3. The summed E-state index contributed by atoms with van der Waals surface area (Å²) in [4.78, 5) is 0. The molecule has 1 aliphatic heterocycles. The van der Waals surface area contributed by atoms with E-state index in [-0.39, 0.29) is 18.2 Å². The zero-order chi connectivity index (χ0) is 15.5. The Hall–Kier alpha value is -0.380. The number of nitrogens with two attached hydrogens (primary N) is 1. The topological polar surface area (TPSA) is 44.5 Å². The second-order valence-electron chi connectivity index (χ2n) is 6.32. The van der Waals surface area contributed by atoms with Crippen molar-refractivity contribution in [3.05, 3.63) is 12.2 Å². The van der Waals surface area contributed by atoms with Gasteiger partial charge in [0.25, 0.3) is 0 Å². The molecule has 4 atom stereocenters. The molecule has 3 nitrogen and oxygen atoms in total. The molecule has 0 spiro atoms. The van der Waals surface area contributed by atoms with Crippen LogP contribution < -0.4 is 5.73 Å². The Balaban J connectivity index is 2.30. The third-order valence-electron chi connectivity index (χ3n) is 4.19. The fourth-order valence-corrected chi connectivity index (χ4v) is 2.84. The summed E-state index contributed by atoms with van der Waals surface area (Å²) < 4.78 is 11.8. The maximum atomic E-state index is 6.33. The summed E-state index contributed by atoms with van der Waals surface area (Å²) in [6.07, 6.45) is 13.3. The van der Waals surface area contributed by atoms with E-state index in [1.54, 1.807) is 0 Å². The molecule has 1 heterocycles. The van der Waals surface area contributed by atoms with Crippen LogP contribution in [0.15, 0.2) is 12.2 Å². The quantitative estimate of drug-likeness (QED) is 0.488. The van der Waals surface area contributed by atoms with E-state index < -0.39 is 0 Å².